The number of anilines is 2. The van der Waals surface area contributed by atoms with Crippen LogP contribution >= 0.6 is 22.9 Å². The quantitative estimate of drug-likeness (QED) is 0.565. The Kier molecular flexibility index (Phi) is 5.80. The summed E-state index contributed by atoms with van der Waals surface area (Å²) in [4.78, 5) is 19.3. The highest BCUT2D eigenvalue weighted by molar-refractivity contribution is 7.22. The fourth-order valence-corrected chi connectivity index (χ4v) is 4.54. The van der Waals surface area contributed by atoms with Gasteiger partial charge in [-0.25, -0.2) is 9.78 Å². The third-order valence-corrected chi connectivity index (χ3v) is 6.21. The molecule has 5 nitrogen and oxygen atoms in total. The van der Waals surface area contributed by atoms with E-state index < -0.39 is 0 Å². The number of likely N-dealkylation sites (tertiary alicyclic amines) is 1. The van der Waals surface area contributed by atoms with Gasteiger partial charge in [-0.1, -0.05) is 42.0 Å². The summed E-state index contributed by atoms with van der Waals surface area (Å²) in [6, 6.07) is 13.1. The number of amides is 2. The van der Waals surface area contributed by atoms with E-state index >= 15 is 0 Å². The summed E-state index contributed by atoms with van der Waals surface area (Å²) in [6.07, 6.45) is 2.55. The monoisotopic (exact) mass is 414 g/mol. The zero-order valence-electron chi connectivity index (χ0n) is 15.7. The number of urea groups is 1. The fraction of sp³-hybridized carbons (Fsp3) is 0.333. The average molecular weight is 415 g/mol. The molecule has 28 heavy (non-hydrogen) atoms. The third kappa shape index (κ3) is 4.82. The molecule has 0 saturated carbocycles. The van der Waals surface area contributed by atoms with Crippen molar-refractivity contribution in [2.75, 3.05) is 23.7 Å². The molecular weight excluding hydrogens is 392 g/mol. The van der Waals surface area contributed by atoms with Crippen LogP contribution in [0.1, 0.15) is 25.3 Å². The molecule has 0 bridgehead atoms. The van der Waals surface area contributed by atoms with Gasteiger partial charge in [0, 0.05) is 17.3 Å². The van der Waals surface area contributed by atoms with E-state index in [1.54, 1.807) is 24.3 Å². The number of nitrogens with zero attached hydrogens (tertiary/aromatic N) is 2. The summed E-state index contributed by atoms with van der Waals surface area (Å²) in [5.74, 6) is 0.840. The molecule has 1 fully saturated rings. The van der Waals surface area contributed by atoms with Crippen molar-refractivity contribution in [3.8, 4) is 0 Å². The number of hydrogen-bond acceptors (Lipinski definition) is 4. The normalized spacial score (nSPS) is 15.6. The van der Waals surface area contributed by atoms with Crippen LogP contribution in [-0.2, 0) is 6.54 Å². The Morgan fingerprint density at radius 1 is 1.21 bits per heavy atom. The topological polar surface area (TPSA) is 57.3 Å². The molecule has 146 valence electrons. The number of piperidine rings is 1. The second kappa shape index (κ2) is 8.47. The number of rotatable bonds is 4. The first kappa shape index (κ1) is 19.2. The minimum absolute atomic E-state index is 0.330. The van der Waals surface area contributed by atoms with Crippen LogP contribution in [-0.4, -0.2) is 29.0 Å². The van der Waals surface area contributed by atoms with Gasteiger partial charge in [0.1, 0.15) is 0 Å². The highest BCUT2D eigenvalue weighted by Gasteiger charge is 2.16. The van der Waals surface area contributed by atoms with Crippen LogP contribution in [0.15, 0.2) is 42.5 Å². The molecule has 2 N–H and O–H groups in total. The van der Waals surface area contributed by atoms with Gasteiger partial charge < -0.3 is 5.32 Å². The van der Waals surface area contributed by atoms with Crippen molar-refractivity contribution in [3.05, 3.63) is 53.1 Å². The van der Waals surface area contributed by atoms with Gasteiger partial charge in [0.05, 0.1) is 10.2 Å². The van der Waals surface area contributed by atoms with Crippen molar-refractivity contribution in [1.29, 1.82) is 0 Å². The van der Waals surface area contributed by atoms with Gasteiger partial charge in [-0.15, -0.1) is 0 Å². The number of fused-ring (bicyclic) bond motifs is 1. The number of thiazole rings is 1. The molecule has 2 amide bonds. The highest BCUT2D eigenvalue weighted by atomic mass is 35.5. The largest absolute Gasteiger partial charge is 0.325 e. The number of nitrogens with one attached hydrogen (secondary N) is 2. The average Bonchev–Trinajstić information content (AvgIpc) is 3.05. The molecule has 0 spiro atoms. The smallest absolute Gasteiger partial charge is 0.308 e. The lowest BCUT2D eigenvalue weighted by Gasteiger charge is -2.30. The summed E-state index contributed by atoms with van der Waals surface area (Å²) in [7, 11) is 0. The van der Waals surface area contributed by atoms with E-state index in [-0.39, 0.29) is 6.03 Å². The maximum atomic E-state index is 12.2. The predicted molar refractivity (Wildman–Crippen MR) is 117 cm³/mol. The first-order chi connectivity index (χ1) is 13.5. The van der Waals surface area contributed by atoms with Crippen LogP contribution in [0.3, 0.4) is 0 Å². The Morgan fingerprint density at radius 3 is 2.82 bits per heavy atom. The van der Waals surface area contributed by atoms with E-state index in [1.807, 2.05) is 6.07 Å². The second-order valence-electron chi connectivity index (χ2n) is 7.37. The SMILES string of the molecule is CC1CCN(Cc2ccc3nc(NC(=O)Nc4cccc(Cl)c4)sc3c2)CC1. The molecular formula is C21H23ClN4OS. The number of carbonyl (C=O) groups excluding carboxylic acids is 1. The predicted octanol–water partition coefficient (Wildman–Crippen LogP) is 5.83. The molecule has 4 rings (SSSR count). The molecule has 1 aromatic heterocycles. The van der Waals surface area contributed by atoms with Crippen molar-refractivity contribution < 1.29 is 4.79 Å². The molecule has 2 heterocycles. The summed E-state index contributed by atoms with van der Waals surface area (Å²) < 4.78 is 1.08. The van der Waals surface area contributed by atoms with E-state index in [4.69, 9.17) is 11.6 Å². The standard InChI is InChI=1S/C21H23ClN4OS/c1-14-7-9-26(10-8-14)13-15-5-6-18-19(11-15)28-21(24-18)25-20(27)23-17-4-2-3-16(22)12-17/h2-6,11-12,14H,7-10,13H2,1H3,(H2,23,24,25,27). The number of aromatic nitrogens is 1. The van der Waals surface area contributed by atoms with Gasteiger partial charge in [0.15, 0.2) is 5.13 Å². The van der Waals surface area contributed by atoms with Crippen LogP contribution in [0.25, 0.3) is 10.2 Å². The lowest BCUT2D eigenvalue weighted by molar-refractivity contribution is 0.185. The van der Waals surface area contributed by atoms with Gasteiger partial charge in [-0.3, -0.25) is 10.2 Å². The van der Waals surface area contributed by atoms with Gasteiger partial charge in [-0.05, 0) is 67.7 Å². The van der Waals surface area contributed by atoms with Gasteiger partial charge in [0.25, 0.3) is 0 Å². The van der Waals surface area contributed by atoms with E-state index in [2.05, 4.69) is 39.6 Å². The maximum absolute atomic E-state index is 12.2. The zero-order valence-corrected chi connectivity index (χ0v) is 17.3. The van der Waals surface area contributed by atoms with Crippen LogP contribution in [0.2, 0.25) is 5.02 Å². The first-order valence-corrected chi connectivity index (χ1v) is 10.7. The molecule has 0 atom stereocenters. The molecule has 1 saturated heterocycles. The van der Waals surface area contributed by atoms with Crippen molar-refractivity contribution in [2.24, 2.45) is 5.92 Å². The number of hydrogen-bond donors (Lipinski definition) is 2. The lowest BCUT2D eigenvalue weighted by Crippen LogP contribution is -2.32. The van der Waals surface area contributed by atoms with Crippen molar-refractivity contribution in [2.45, 2.75) is 26.3 Å². The van der Waals surface area contributed by atoms with Gasteiger partial charge in [0.2, 0.25) is 0 Å². The molecule has 0 unspecified atom stereocenters. The summed E-state index contributed by atoms with van der Waals surface area (Å²) in [5.41, 5.74) is 2.84. The molecule has 1 aliphatic rings. The second-order valence-corrected chi connectivity index (χ2v) is 8.84. The van der Waals surface area contributed by atoms with E-state index in [1.165, 1.54) is 42.8 Å². The zero-order chi connectivity index (χ0) is 19.5. The Hall–Kier alpha value is -2.15. The van der Waals surface area contributed by atoms with E-state index in [0.29, 0.717) is 15.8 Å². The molecule has 1 aliphatic heterocycles. The fourth-order valence-electron chi connectivity index (χ4n) is 3.42. The Bertz CT molecular complexity index is 981. The minimum Gasteiger partial charge on any atom is -0.308 e. The van der Waals surface area contributed by atoms with Crippen LogP contribution in [0, 0.1) is 5.92 Å². The van der Waals surface area contributed by atoms with Gasteiger partial charge in [-0.2, -0.15) is 0 Å². The van der Waals surface area contributed by atoms with Crippen LogP contribution in [0.4, 0.5) is 15.6 Å². The first-order valence-electron chi connectivity index (χ1n) is 9.50. The third-order valence-electron chi connectivity index (χ3n) is 5.04. The molecule has 0 radical (unpaired) electrons. The van der Waals surface area contributed by atoms with Crippen molar-refractivity contribution in [3.63, 3.8) is 0 Å². The molecule has 3 aromatic rings. The molecule has 7 heteroatoms. The maximum Gasteiger partial charge on any atom is 0.325 e. The number of halogens is 1. The summed E-state index contributed by atoms with van der Waals surface area (Å²) >= 11 is 7.44. The Balaban J connectivity index is 1.40. The van der Waals surface area contributed by atoms with Gasteiger partial charge >= 0.3 is 6.03 Å². The minimum atomic E-state index is -0.330. The molecule has 2 aromatic carbocycles. The molecule has 0 aliphatic carbocycles. The van der Waals surface area contributed by atoms with Crippen LogP contribution in [0.5, 0.6) is 0 Å². The highest BCUT2D eigenvalue weighted by Crippen LogP contribution is 2.28. The summed E-state index contributed by atoms with van der Waals surface area (Å²) in [6.45, 7) is 5.63. The lowest BCUT2D eigenvalue weighted by atomic mass is 9.99. The van der Waals surface area contributed by atoms with E-state index in [9.17, 15) is 4.79 Å². The Morgan fingerprint density at radius 2 is 2.04 bits per heavy atom. The number of benzene rings is 2. The summed E-state index contributed by atoms with van der Waals surface area (Å²) in [5, 5.41) is 6.74. The van der Waals surface area contributed by atoms with Crippen molar-refractivity contribution >= 4 is 50.0 Å². The van der Waals surface area contributed by atoms with Crippen LogP contribution < -0.4 is 10.6 Å². The number of carbonyl (C=O) groups is 1. The van der Waals surface area contributed by atoms with E-state index in [0.717, 1.165) is 22.7 Å². The van der Waals surface area contributed by atoms with Crippen molar-refractivity contribution in [1.82, 2.24) is 9.88 Å². The Labute approximate surface area is 173 Å².